The lowest BCUT2D eigenvalue weighted by atomic mass is 10.00. The van der Waals surface area contributed by atoms with Crippen molar-refractivity contribution in [3.05, 3.63) is 41.5 Å². The molecule has 124 valence electrons. The van der Waals surface area contributed by atoms with E-state index in [1.165, 1.54) is 30.0 Å². The summed E-state index contributed by atoms with van der Waals surface area (Å²) >= 11 is 0. The highest BCUT2D eigenvalue weighted by molar-refractivity contribution is 5.95. The third kappa shape index (κ3) is 3.91. The lowest BCUT2D eigenvalue weighted by molar-refractivity contribution is -0.141. The van der Waals surface area contributed by atoms with E-state index >= 15 is 0 Å². The van der Waals surface area contributed by atoms with Gasteiger partial charge in [-0.25, -0.2) is 0 Å². The van der Waals surface area contributed by atoms with Gasteiger partial charge in [0.25, 0.3) is 0 Å². The number of rotatable bonds is 3. The summed E-state index contributed by atoms with van der Waals surface area (Å²) in [6, 6.07) is 5.04. The summed E-state index contributed by atoms with van der Waals surface area (Å²) in [5, 5.41) is 8.92. The van der Waals surface area contributed by atoms with E-state index in [-0.39, 0.29) is 17.7 Å². The number of nitrogens with zero attached hydrogens (tertiary/aromatic N) is 1. The molecule has 7 heteroatoms. The Bertz CT molecular complexity index is 652. The predicted molar refractivity (Wildman–Crippen MR) is 77.4 cm³/mol. The first kappa shape index (κ1) is 17.1. The largest absolute Gasteiger partial charge is 0.481 e. The van der Waals surface area contributed by atoms with E-state index in [1.54, 1.807) is 0 Å². The molecule has 1 unspecified atom stereocenters. The number of carboxylic acid groups (broad SMARTS) is 1. The summed E-state index contributed by atoms with van der Waals surface area (Å²) in [4.78, 5) is 24.4. The molecule has 2 rings (SSSR count). The normalized spacial score (nSPS) is 19.0. The number of likely N-dealkylation sites (tertiary alicyclic amines) is 1. The zero-order chi connectivity index (χ0) is 17.2. The Balaban J connectivity index is 2.21. The van der Waals surface area contributed by atoms with Crippen molar-refractivity contribution in [2.24, 2.45) is 5.92 Å². The fraction of sp³-hybridized carbons (Fsp3) is 0.375. The van der Waals surface area contributed by atoms with Crippen LogP contribution in [0.5, 0.6) is 0 Å². The van der Waals surface area contributed by atoms with Crippen LogP contribution in [0, 0.1) is 5.92 Å². The Labute approximate surface area is 131 Å². The number of halogens is 3. The molecule has 1 amide bonds. The molecule has 1 saturated heterocycles. The average molecular weight is 327 g/mol. The standard InChI is InChI=1S/C16H16F3NO3/c1-10(12-4-2-3-5-13(12)16(17,18)19)8-14(21)20-7-6-11(9-20)15(22)23/h2-5,8,11H,6-7,9H2,1H3,(H,22,23)/b10-8+. The second-order valence-electron chi connectivity index (χ2n) is 5.48. The van der Waals surface area contributed by atoms with Gasteiger partial charge in [0, 0.05) is 19.2 Å². The lowest BCUT2D eigenvalue weighted by Crippen LogP contribution is -2.28. The lowest BCUT2D eigenvalue weighted by Gasteiger charge is -2.16. The SMILES string of the molecule is C/C(=C\C(=O)N1CCC(C(=O)O)C1)c1ccccc1C(F)(F)F. The molecule has 0 spiro atoms. The number of aliphatic carboxylic acids is 1. The Hall–Kier alpha value is -2.31. The van der Waals surface area contributed by atoms with Gasteiger partial charge in [-0.05, 0) is 30.5 Å². The van der Waals surface area contributed by atoms with Crippen molar-refractivity contribution < 1.29 is 27.9 Å². The van der Waals surface area contributed by atoms with Gasteiger partial charge < -0.3 is 10.0 Å². The minimum atomic E-state index is -4.50. The number of hydrogen-bond acceptors (Lipinski definition) is 2. The Morgan fingerprint density at radius 1 is 1.30 bits per heavy atom. The third-order valence-electron chi connectivity index (χ3n) is 3.85. The Morgan fingerprint density at radius 2 is 1.96 bits per heavy atom. The Kier molecular flexibility index (Phi) is 4.77. The van der Waals surface area contributed by atoms with Gasteiger partial charge in [-0.3, -0.25) is 9.59 Å². The van der Waals surface area contributed by atoms with Crippen LogP contribution in [0.2, 0.25) is 0 Å². The van der Waals surface area contributed by atoms with Crippen LogP contribution in [0.1, 0.15) is 24.5 Å². The summed E-state index contributed by atoms with van der Waals surface area (Å²) in [6.07, 6.45) is -3.02. The van der Waals surface area contributed by atoms with Crippen LogP contribution >= 0.6 is 0 Å². The zero-order valence-corrected chi connectivity index (χ0v) is 12.4. The van der Waals surface area contributed by atoms with Gasteiger partial charge in [0.2, 0.25) is 5.91 Å². The quantitative estimate of drug-likeness (QED) is 0.868. The maximum absolute atomic E-state index is 13.0. The van der Waals surface area contributed by atoms with Crippen molar-refractivity contribution >= 4 is 17.4 Å². The fourth-order valence-corrected chi connectivity index (χ4v) is 2.59. The van der Waals surface area contributed by atoms with E-state index in [0.29, 0.717) is 13.0 Å². The minimum absolute atomic E-state index is 0.0534. The smallest absolute Gasteiger partial charge is 0.416 e. The van der Waals surface area contributed by atoms with Crippen molar-refractivity contribution in [3.63, 3.8) is 0 Å². The molecule has 1 aliphatic rings. The summed E-state index contributed by atoms with van der Waals surface area (Å²) in [6.45, 7) is 1.81. The highest BCUT2D eigenvalue weighted by Crippen LogP contribution is 2.34. The van der Waals surface area contributed by atoms with Gasteiger partial charge in [0.15, 0.2) is 0 Å². The van der Waals surface area contributed by atoms with E-state index in [4.69, 9.17) is 5.11 Å². The monoisotopic (exact) mass is 327 g/mol. The van der Waals surface area contributed by atoms with E-state index in [0.717, 1.165) is 12.1 Å². The molecule has 0 aliphatic carbocycles. The average Bonchev–Trinajstić information content (AvgIpc) is 2.96. The van der Waals surface area contributed by atoms with Crippen molar-refractivity contribution in [1.29, 1.82) is 0 Å². The molecule has 0 saturated carbocycles. The number of alkyl halides is 3. The number of carbonyl (C=O) groups excluding carboxylic acids is 1. The van der Waals surface area contributed by atoms with E-state index in [9.17, 15) is 22.8 Å². The van der Waals surface area contributed by atoms with Gasteiger partial charge in [0.1, 0.15) is 0 Å². The van der Waals surface area contributed by atoms with Gasteiger partial charge >= 0.3 is 12.1 Å². The molecule has 1 heterocycles. The molecule has 1 aliphatic heterocycles. The molecule has 0 bridgehead atoms. The van der Waals surface area contributed by atoms with Crippen LogP contribution < -0.4 is 0 Å². The summed E-state index contributed by atoms with van der Waals surface area (Å²) in [5.41, 5.74) is -0.657. The molecule has 0 aromatic heterocycles. The van der Waals surface area contributed by atoms with Crippen molar-refractivity contribution in [1.82, 2.24) is 4.90 Å². The van der Waals surface area contributed by atoms with Gasteiger partial charge in [-0.2, -0.15) is 13.2 Å². The number of hydrogen-bond donors (Lipinski definition) is 1. The molecule has 4 nitrogen and oxygen atoms in total. The molecular weight excluding hydrogens is 311 g/mol. The first-order chi connectivity index (χ1) is 10.7. The second-order valence-corrected chi connectivity index (χ2v) is 5.48. The molecule has 1 atom stereocenters. The maximum Gasteiger partial charge on any atom is 0.416 e. The zero-order valence-electron chi connectivity index (χ0n) is 12.4. The van der Waals surface area contributed by atoms with E-state index < -0.39 is 29.5 Å². The number of carbonyl (C=O) groups is 2. The summed E-state index contributed by atoms with van der Waals surface area (Å²) in [5.74, 6) is -2.05. The molecular formula is C16H16F3NO3. The number of benzene rings is 1. The van der Waals surface area contributed by atoms with Crippen molar-refractivity contribution in [2.45, 2.75) is 19.5 Å². The van der Waals surface area contributed by atoms with Crippen LogP contribution in [-0.2, 0) is 15.8 Å². The van der Waals surface area contributed by atoms with Gasteiger partial charge in [-0.1, -0.05) is 18.2 Å². The molecule has 1 aromatic rings. The summed E-state index contributed by atoms with van der Waals surface area (Å²) < 4.78 is 39.0. The predicted octanol–water partition coefficient (Wildman–Crippen LogP) is 3.04. The van der Waals surface area contributed by atoms with Crippen LogP contribution in [-0.4, -0.2) is 35.0 Å². The van der Waals surface area contributed by atoms with E-state index in [1.807, 2.05) is 0 Å². The molecule has 0 radical (unpaired) electrons. The number of carboxylic acids is 1. The second kappa shape index (κ2) is 6.44. The molecule has 1 N–H and O–H groups in total. The molecule has 23 heavy (non-hydrogen) atoms. The molecule has 1 fully saturated rings. The van der Waals surface area contributed by atoms with E-state index in [2.05, 4.69) is 0 Å². The first-order valence-electron chi connectivity index (χ1n) is 7.06. The highest BCUT2D eigenvalue weighted by Gasteiger charge is 2.34. The number of allylic oxidation sites excluding steroid dienone is 1. The van der Waals surface area contributed by atoms with Crippen LogP contribution in [0.15, 0.2) is 30.3 Å². The Morgan fingerprint density at radius 3 is 2.52 bits per heavy atom. The highest BCUT2D eigenvalue weighted by atomic mass is 19.4. The summed E-state index contributed by atoms with van der Waals surface area (Å²) in [7, 11) is 0. The van der Waals surface area contributed by atoms with Crippen molar-refractivity contribution in [2.75, 3.05) is 13.1 Å². The first-order valence-corrected chi connectivity index (χ1v) is 7.06. The third-order valence-corrected chi connectivity index (χ3v) is 3.85. The molecule has 1 aromatic carbocycles. The maximum atomic E-state index is 13.0. The van der Waals surface area contributed by atoms with Crippen LogP contribution in [0.3, 0.4) is 0 Å². The van der Waals surface area contributed by atoms with Gasteiger partial charge in [0.05, 0.1) is 11.5 Å². The van der Waals surface area contributed by atoms with Crippen LogP contribution in [0.4, 0.5) is 13.2 Å². The van der Waals surface area contributed by atoms with Crippen LogP contribution in [0.25, 0.3) is 5.57 Å². The van der Waals surface area contributed by atoms with Gasteiger partial charge in [-0.15, -0.1) is 0 Å². The minimum Gasteiger partial charge on any atom is -0.481 e. The van der Waals surface area contributed by atoms with Crippen molar-refractivity contribution in [3.8, 4) is 0 Å². The topological polar surface area (TPSA) is 57.6 Å². The fourth-order valence-electron chi connectivity index (χ4n) is 2.59. The number of amides is 1.